The second-order valence-electron chi connectivity index (χ2n) is 17.5. The molecule has 8 nitrogen and oxygen atoms in total. The van der Waals surface area contributed by atoms with Crippen molar-refractivity contribution >= 4 is 65.2 Å². The number of rotatable bonds is 7. The SMILES string of the molecule is c1ccc(-c2nc(-c3ccccc3)nc(-c3cccc(-n4c5ccccc5c5ccc6c7ccccc7n(-c7nc(-c8ccccc8)nc(-c8ccc9ccc%10ccccc%10c9c8)n7)c6c54)c3)n2)cc1. The fourth-order valence-electron chi connectivity index (χ4n) is 10.1. The van der Waals surface area contributed by atoms with Gasteiger partial charge in [-0.2, -0.15) is 9.97 Å². The lowest BCUT2D eigenvalue weighted by Gasteiger charge is -2.14. The average molecular weight is 895 g/mol. The van der Waals surface area contributed by atoms with Gasteiger partial charge in [-0.05, 0) is 51.9 Å². The summed E-state index contributed by atoms with van der Waals surface area (Å²) in [6.45, 7) is 0. The highest BCUT2D eigenvalue weighted by atomic mass is 15.2. The Morgan fingerprint density at radius 2 is 0.657 bits per heavy atom. The second kappa shape index (κ2) is 16.0. The van der Waals surface area contributed by atoms with Gasteiger partial charge in [-0.3, -0.25) is 4.57 Å². The van der Waals surface area contributed by atoms with Gasteiger partial charge in [-0.25, -0.2) is 19.9 Å². The number of nitrogens with zero attached hydrogens (tertiary/aromatic N) is 8. The Balaban J connectivity index is 1.04. The van der Waals surface area contributed by atoms with Crippen molar-refractivity contribution < 1.29 is 0 Å². The topological polar surface area (TPSA) is 87.2 Å². The van der Waals surface area contributed by atoms with E-state index in [2.05, 4.69) is 161 Å². The number of fused-ring (bicyclic) bond motifs is 10. The zero-order valence-electron chi connectivity index (χ0n) is 37.5. The minimum atomic E-state index is 0.526. The molecule has 0 amide bonds. The molecular formula is C62H38N8. The van der Waals surface area contributed by atoms with E-state index in [1.807, 2.05) is 78.9 Å². The lowest BCUT2D eigenvalue weighted by Crippen LogP contribution is -2.07. The molecule has 14 aromatic rings. The summed E-state index contributed by atoms with van der Waals surface area (Å²) in [6.07, 6.45) is 0. The van der Waals surface area contributed by atoms with E-state index in [4.69, 9.17) is 29.9 Å². The number of para-hydroxylation sites is 2. The van der Waals surface area contributed by atoms with Gasteiger partial charge in [0.25, 0.3) is 0 Å². The van der Waals surface area contributed by atoms with Crippen molar-refractivity contribution in [2.45, 2.75) is 0 Å². The minimum Gasteiger partial charge on any atom is -0.307 e. The first-order valence-electron chi connectivity index (χ1n) is 23.4. The third-order valence-electron chi connectivity index (χ3n) is 13.4. The molecule has 4 heterocycles. The van der Waals surface area contributed by atoms with E-state index in [0.717, 1.165) is 87.9 Å². The maximum Gasteiger partial charge on any atom is 0.238 e. The third kappa shape index (κ3) is 6.46. The summed E-state index contributed by atoms with van der Waals surface area (Å²) in [5.41, 5.74) is 9.54. The summed E-state index contributed by atoms with van der Waals surface area (Å²) in [5.74, 6) is 3.52. The molecule has 0 saturated carbocycles. The Labute approximate surface area is 401 Å². The molecule has 326 valence electrons. The molecule has 0 bridgehead atoms. The van der Waals surface area contributed by atoms with Gasteiger partial charge in [0, 0.05) is 55.0 Å². The predicted molar refractivity (Wildman–Crippen MR) is 284 cm³/mol. The highest BCUT2D eigenvalue weighted by molar-refractivity contribution is 6.23. The highest BCUT2D eigenvalue weighted by Gasteiger charge is 2.24. The van der Waals surface area contributed by atoms with Gasteiger partial charge >= 0.3 is 0 Å². The van der Waals surface area contributed by atoms with E-state index in [-0.39, 0.29) is 0 Å². The normalized spacial score (nSPS) is 11.7. The number of aromatic nitrogens is 8. The molecule has 0 aliphatic heterocycles. The van der Waals surface area contributed by atoms with Gasteiger partial charge in [0.15, 0.2) is 29.1 Å². The first-order valence-corrected chi connectivity index (χ1v) is 23.4. The Kier molecular flexibility index (Phi) is 9.03. The van der Waals surface area contributed by atoms with Crippen LogP contribution in [0.3, 0.4) is 0 Å². The molecular weight excluding hydrogens is 857 g/mol. The summed E-state index contributed by atoms with van der Waals surface area (Å²) >= 11 is 0. The van der Waals surface area contributed by atoms with Crippen LogP contribution in [0.1, 0.15) is 0 Å². The van der Waals surface area contributed by atoms with Crippen LogP contribution < -0.4 is 0 Å². The Bertz CT molecular complexity index is 4290. The minimum absolute atomic E-state index is 0.526. The lowest BCUT2D eigenvalue weighted by molar-refractivity contribution is 0.953. The van der Waals surface area contributed by atoms with E-state index in [0.29, 0.717) is 35.1 Å². The van der Waals surface area contributed by atoms with Crippen LogP contribution in [0.5, 0.6) is 0 Å². The molecule has 0 atom stereocenters. The van der Waals surface area contributed by atoms with Crippen LogP contribution in [0.4, 0.5) is 0 Å². The quantitative estimate of drug-likeness (QED) is 0.148. The molecule has 8 heteroatoms. The molecule has 0 spiro atoms. The van der Waals surface area contributed by atoms with E-state index >= 15 is 0 Å². The van der Waals surface area contributed by atoms with Crippen molar-refractivity contribution in [3.63, 3.8) is 0 Å². The summed E-state index contributed by atoms with van der Waals surface area (Å²) in [4.78, 5) is 31.3. The van der Waals surface area contributed by atoms with Gasteiger partial charge in [0.1, 0.15) is 0 Å². The van der Waals surface area contributed by atoms with Crippen LogP contribution in [0, 0.1) is 0 Å². The van der Waals surface area contributed by atoms with Crippen LogP contribution in [0.25, 0.3) is 134 Å². The molecule has 0 N–H and O–H groups in total. The largest absolute Gasteiger partial charge is 0.307 e. The Morgan fingerprint density at radius 1 is 0.243 bits per heavy atom. The van der Waals surface area contributed by atoms with Crippen molar-refractivity contribution in [2.75, 3.05) is 0 Å². The van der Waals surface area contributed by atoms with Crippen LogP contribution in [0.15, 0.2) is 231 Å². The zero-order valence-corrected chi connectivity index (χ0v) is 37.5. The Morgan fingerprint density at radius 3 is 1.26 bits per heavy atom. The Hall–Kier alpha value is -9.66. The molecule has 10 aromatic carbocycles. The summed E-state index contributed by atoms with van der Waals surface area (Å²) in [5, 5.41) is 9.09. The molecule has 0 fully saturated rings. The van der Waals surface area contributed by atoms with Gasteiger partial charge in [0.2, 0.25) is 5.95 Å². The number of hydrogen-bond acceptors (Lipinski definition) is 6. The first kappa shape index (κ1) is 39.5. The van der Waals surface area contributed by atoms with E-state index in [1.54, 1.807) is 0 Å². The van der Waals surface area contributed by atoms with Crippen molar-refractivity contribution in [3.05, 3.63) is 231 Å². The molecule has 70 heavy (non-hydrogen) atoms. The maximum absolute atomic E-state index is 5.45. The van der Waals surface area contributed by atoms with Crippen molar-refractivity contribution in [1.29, 1.82) is 0 Å². The van der Waals surface area contributed by atoms with Gasteiger partial charge < -0.3 is 4.57 Å². The van der Waals surface area contributed by atoms with Gasteiger partial charge in [-0.15, -0.1) is 0 Å². The zero-order chi connectivity index (χ0) is 46.1. The molecule has 0 aliphatic carbocycles. The van der Waals surface area contributed by atoms with Crippen molar-refractivity contribution in [3.8, 4) is 68.6 Å². The van der Waals surface area contributed by atoms with Crippen LogP contribution >= 0.6 is 0 Å². The number of hydrogen-bond donors (Lipinski definition) is 0. The predicted octanol–water partition coefficient (Wildman–Crippen LogP) is 14.9. The average Bonchev–Trinajstić information content (AvgIpc) is 3.97. The summed E-state index contributed by atoms with van der Waals surface area (Å²) in [6, 6.07) is 80.0. The molecule has 0 unspecified atom stereocenters. The summed E-state index contributed by atoms with van der Waals surface area (Å²) in [7, 11) is 0. The fourth-order valence-corrected chi connectivity index (χ4v) is 10.1. The molecule has 0 radical (unpaired) electrons. The first-order chi connectivity index (χ1) is 34.7. The van der Waals surface area contributed by atoms with Gasteiger partial charge in [-0.1, -0.05) is 200 Å². The molecule has 4 aromatic heterocycles. The summed E-state index contributed by atoms with van der Waals surface area (Å²) < 4.78 is 4.61. The third-order valence-corrected chi connectivity index (χ3v) is 13.4. The highest BCUT2D eigenvalue weighted by Crippen LogP contribution is 2.42. The van der Waals surface area contributed by atoms with Crippen LogP contribution in [0.2, 0.25) is 0 Å². The van der Waals surface area contributed by atoms with Gasteiger partial charge in [0.05, 0.1) is 22.1 Å². The van der Waals surface area contributed by atoms with Crippen LogP contribution in [-0.4, -0.2) is 39.0 Å². The van der Waals surface area contributed by atoms with E-state index < -0.39 is 0 Å². The lowest BCUT2D eigenvalue weighted by atomic mass is 10.00. The second-order valence-corrected chi connectivity index (χ2v) is 17.5. The van der Waals surface area contributed by atoms with Crippen molar-refractivity contribution in [1.82, 2.24) is 39.0 Å². The standard InChI is InChI=1S/C62H38N8/c1-4-18-41(19-5-1)57-63-58(42-20-6-2-7-21-42)65-60(64-57)44-24-16-25-46(37-44)69-53-29-14-12-27-48(53)50-35-36-51-49-28-13-15-30-54(49)70(56(51)55(50)69)62-67-59(43-22-8-3-9-23-43)66-61(68-62)45-34-33-40-32-31-39-17-10-11-26-47(39)52(40)38-45/h1-38H. The maximum atomic E-state index is 5.45. The monoisotopic (exact) mass is 894 g/mol. The molecule has 0 aliphatic rings. The number of benzene rings is 10. The smallest absolute Gasteiger partial charge is 0.238 e. The molecule has 14 rings (SSSR count). The molecule has 0 saturated heterocycles. The van der Waals surface area contributed by atoms with Crippen molar-refractivity contribution in [2.24, 2.45) is 0 Å². The van der Waals surface area contributed by atoms with Crippen LogP contribution in [-0.2, 0) is 0 Å². The fraction of sp³-hybridized carbons (Fsp3) is 0. The van der Waals surface area contributed by atoms with E-state index in [9.17, 15) is 0 Å². The van der Waals surface area contributed by atoms with E-state index in [1.165, 1.54) is 10.8 Å².